The first-order valence-corrected chi connectivity index (χ1v) is 5.71. The average Bonchev–Trinajstić information content (AvgIpc) is 2.57. The van der Waals surface area contributed by atoms with E-state index in [9.17, 15) is 0 Å². The first kappa shape index (κ1) is 9.71. The first-order valence-electron chi connectivity index (χ1n) is 4.91. The summed E-state index contributed by atoms with van der Waals surface area (Å²) in [6.45, 7) is 3.26. The standard InChI is InChI=1S/C11H13BrN2/c1-2-3-6-14-8-13-10-5-4-9(12)7-11(10)14/h4-5,7-8H,2-3,6H2,1H3. The van der Waals surface area contributed by atoms with Gasteiger partial charge in [0.2, 0.25) is 0 Å². The van der Waals surface area contributed by atoms with Crippen molar-refractivity contribution in [3.63, 3.8) is 0 Å². The lowest BCUT2D eigenvalue weighted by Crippen LogP contribution is -1.94. The maximum Gasteiger partial charge on any atom is 0.0958 e. The van der Waals surface area contributed by atoms with Crippen LogP contribution in [0.15, 0.2) is 29.0 Å². The topological polar surface area (TPSA) is 17.8 Å². The fraction of sp³-hybridized carbons (Fsp3) is 0.364. The molecule has 2 rings (SSSR count). The molecule has 1 aromatic carbocycles. The quantitative estimate of drug-likeness (QED) is 0.817. The number of imidazole rings is 1. The number of benzene rings is 1. The van der Waals surface area contributed by atoms with Gasteiger partial charge in [-0.15, -0.1) is 0 Å². The molecule has 0 saturated heterocycles. The van der Waals surface area contributed by atoms with Crippen LogP contribution in [0.3, 0.4) is 0 Å². The van der Waals surface area contributed by atoms with E-state index >= 15 is 0 Å². The van der Waals surface area contributed by atoms with Crippen LogP contribution < -0.4 is 0 Å². The number of fused-ring (bicyclic) bond motifs is 1. The van der Waals surface area contributed by atoms with Crippen molar-refractivity contribution in [2.75, 3.05) is 0 Å². The van der Waals surface area contributed by atoms with Crippen molar-refractivity contribution < 1.29 is 0 Å². The van der Waals surface area contributed by atoms with E-state index in [0.717, 1.165) is 16.5 Å². The lowest BCUT2D eigenvalue weighted by Gasteiger charge is -2.02. The van der Waals surface area contributed by atoms with E-state index in [2.05, 4.69) is 38.5 Å². The molecule has 0 bridgehead atoms. The third-order valence-electron chi connectivity index (χ3n) is 2.34. The second-order valence-corrected chi connectivity index (χ2v) is 4.34. The third-order valence-corrected chi connectivity index (χ3v) is 2.83. The molecule has 2 nitrogen and oxygen atoms in total. The highest BCUT2D eigenvalue weighted by molar-refractivity contribution is 9.10. The van der Waals surface area contributed by atoms with Gasteiger partial charge in [-0.2, -0.15) is 0 Å². The molecule has 14 heavy (non-hydrogen) atoms. The number of halogens is 1. The zero-order chi connectivity index (χ0) is 9.97. The summed E-state index contributed by atoms with van der Waals surface area (Å²) >= 11 is 3.48. The van der Waals surface area contributed by atoms with Gasteiger partial charge in [0.05, 0.1) is 17.4 Å². The van der Waals surface area contributed by atoms with Crippen molar-refractivity contribution in [1.82, 2.24) is 9.55 Å². The Balaban J connectivity index is 2.40. The molecule has 2 aromatic rings. The van der Waals surface area contributed by atoms with Gasteiger partial charge in [-0.3, -0.25) is 0 Å². The van der Waals surface area contributed by atoms with Gasteiger partial charge >= 0.3 is 0 Å². The van der Waals surface area contributed by atoms with E-state index in [1.54, 1.807) is 0 Å². The van der Waals surface area contributed by atoms with Crippen molar-refractivity contribution in [2.45, 2.75) is 26.3 Å². The van der Waals surface area contributed by atoms with Gasteiger partial charge in [0, 0.05) is 11.0 Å². The average molecular weight is 253 g/mol. The highest BCUT2D eigenvalue weighted by Crippen LogP contribution is 2.19. The smallest absolute Gasteiger partial charge is 0.0958 e. The number of rotatable bonds is 3. The van der Waals surface area contributed by atoms with Crippen LogP contribution in [0, 0.1) is 0 Å². The minimum absolute atomic E-state index is 1.06. The van der Waals surface area contributed by atoms with Crippen LogP contribution in [0.4, 0.5) is 0 Å². The second kappa shape index (κ2) is 4.13. The van der Waals surface area contributed by atoms with Crippen molar-refractivity contribution in [3.05, 3.63) is 29.0 Å². The molecule has 0 aliphatic rings. The van der Waals surface area contributed by atoms with Crippen molar-refractivity contribution >= 4 is 27.0 Å². The number of aromatic nitrogens is 2. The van der Waals surface area contributed by atoms with Crippen LogP contribution in [0.5, 0.6) is 0 Å². The molecule has 0 aliphatic carbocycles. The summed E-state index contributed by atoms with van der Waals surface area (Å²) in [6.07, 6.45) is 4.35. The summed E-state index contributed by atoms with van der Waals surface area (Å²) in [7, 11) is 0. The summed E-state index contributed by atoms with van der Waals surface area (Å²) in [5, 5.41) is 0. The van der Waals surface area contributed by atoms with Gasteiger partial charge in [0.15, 0.2) is 0 Å². The Hall–Kier alpha value is -0.830. The lowest BCUT2D eigenvalue weighted by molar-refractivity contribution is 0.645. The highest BCUT2D eigenvalue weighted by atomic mass is 79.9. The predicted molar refractivity (Wildman–Crippen MR) is 62.3 cm³/mol. The molecule has 74 valence electrons. The van der Waals surface area contributed by atoms with Crippen LogP contribution in [0.25, 0.3) is 11.0 Å². The molecule has 0 atom stereocenters. The maximum atomic E-state index is 4.35. The molecule has 0 fully saturated rings. The van der Waals surface area contributed by atoms with Crippen LogP contribution in [-0.2, 0) is 6.54 Å². The second-order valence-electron chi connectivity index (χ2n) is 3.42. The van der Waals surface area contributed by atoms with Crippen molar-refractivity contribution in [3.8, 4) is 0 Å². The van der Waals surface area contributed by atoms with Crippen molar-refractivity contribution in [2.24, 2.45) is 0 Å². The molecule has 3 heteroatoms. The predicted octanol–water partition coefficient (Wildman–Crippen LogP) is 3.60. The van der Waals surface area contributed by atoms with E-state index in [1.165, 1.54) is 18.4 Å². The zero-order valence-electron chi connectivity index (χ0n) is 8.20. The Kier molecular flexibility index (Phi) is 2.87. The van der Waals surface area contributed by atoms with E-state index in [-0.39, 0.29) is 0 Å². The van der Waals surface area contributed by atoms with Crippen LogP contribution in [0.2, 0.25) is 0 Å². The Morgan fingerprint density at radius 3 is 3.07 bits per heavy atom. The lowest BCUT2D eigenvalue weighted by atomic mass is 10.3. The molecular formula is C11H13BrN2. The Bertz CT molecular complexity index is 434. The van der Waals surface area contributed by atoms with E-state index in [4.69, 9.17) is 0 Å². The molecule has 0 aliphatic heterocycles. The number of hydrogen-bond donors (Lipinski definition) is 0. The van der Waals surface area contributed by atoms with Gasteiger partial charge in [0.25, 0.3) is 0 Å². The fourth-order valence-corrected chi connectivity index (χ4v) is 1.89. The Morgan fingerprint density at radius 1 is 1.43 bits per heavy atom. The highest BCUT2D eigenvalue weighted by Gasteiger charge is 2.01. The number of nitrogens with zero attached hydrogens (tertiary/aromatic N) is 2. The zero-order valence-corrected chi connectivity index (χ0v) is 9.79. The molecule has 1 heterocycles. The van der Waals surface area contributed by atoms with Gasteiger partial charge in [-0.05, 0) is 24.6 Å². The summed E-state index contributed by atoms with van der Waals surface area (Å²) in [6, 6.07) is 6.19. The van der Waals surface area contributed by atoms with E-state index < -0.39 is 0 Å². The molecular weight excluding hydrogens is 240 g/mol. The Morgan fingerprint density at radius 2 is 2.29 bits per heavy atom. The van der Waals surface area contributed by atoms with E-state index in [0.29, 0.717) is 0 Å². The minimum atomic E-state index is 1.06. The summed E-state index contributed by atoms with van der Waals surface area (Å²) in [5.41, 5.74) is 2.29. The molecule has 1 aromatic heterocycles. The number of unbranched alkanes of at least 4 members (excludes halogenated alkanes) is 1. The third kappa shape index (κ3) is 1.82. The Labute approximate surface area is 92.1 Å². The molecule has 0 amide bonds. The fourth-order valence-electron chi connectivity index (χ4n) is 1.54. The largest absolute Gasteiger partial charge is 0.331 e. The molecule has 0 radical (unpaired) electrons. The van der Waals surface area contributed by atoms with Crippen LogP contribution in [-0.4, -0.2) is 9.55 Å². The van der Waals surface area contributed by atoms with Gasteiger partial charge < -0.3 is 4.57 Å². The molecule has 0 N–H and O–H groups in total. The van der Waals surface area contributed by atoms with E-state index in [1.807, 2.05) is 18.5 Å². The molecule has 0 spiro atoms. The monoisotopic (exact) mass is 252 g/mol. The SMILES string of the molecule is CCCCn1cnc2ccc(Br)cc21. The van der Waals surface area contributed by atoms with Crippen LogP contribution in [0.1, 0.15) is 19.8 Å². The summed E-state index contributed by atoms with van der Waals surface area (Å²) in [4.78, 5) is 4.35. The van der Waals surface area contributed by atoms with Gasteiger partial charge in [-0.1, -0.05) is 29.3 Å². The first-order chi connectivity index (χ1) is 6.81. The van der Waals surface area contributed by atoms with Crippen LogP contribution >= 0.6 is 15.9 Å². The normalized spacial score (nSPS) is 11.0. The molecule has 0 unspecified atom stereocenters. The maximum absolute atomic E-state index is 4.35. The summed E-state index contributed by atoms with van der Waals surface area (Å²) < 4.78 is 3.33. The summed E-state index contributed by atoms with van der Waals surface area (Å²) in [5.74, 6) is 0. The number of aryl methyl sites for hydroxylation is 1. The van der Waals surface area contributed by atoms with Gasteiger partial charge in [0.1, 0.15) is 0 Å². The number of hydrogen-bond acceptors (Lipinski definition) is 1. The van der Waals surface area contributed by atoms with Crippen molar-refractivity contribution in [1.29, 1.82) is 0 Å². The van der Waals surface area contributed by atoms with Gasteiger partial charge in [-0.25, -0.2) is 4.98 Å². The minimum Gasteiger partial charge on any atom is -0.331 e. The molecule has 0 saturated carbocycles.